The van der Waals surface area contributed by atoms with Gasteiger partial charge in [-0.25, -0.2) is 23.8 Å². The Bertz CT molecular complexity index is 1760. The number of alkyl halides is 2. The maximum absolute atomic E-state index is 14.3. The van der Waals surface area contributed by atoms with E-state index in [9.17, 15) is 22.0 Å². The zero-order chi connectivity index (χ0) is 32.4. The van der Waals surface area contributed by atoms with E-state index in [0.717, 1.165) is 10.3 Å². The van der Waals surface area contributed by atoms with Gasteiger partial charge in [0.05, 0.1) is 35.4 Å². The van der Waals surface area contributed by atoms with E-state index in [1.165, 1.54) is 16.8 Å². The van der Waals surface area contributed by atoms with Crippen LogP contribution in [0.25, 0.3) is 26.4 Å². The minimum Gasteiger partial charge on any atom is -0.365 e. The van der Waals surface area contributed by atoms with E-state index in [-0.39, 0.29) is 46.3 Å². The highest BCUT2D eigenvalue weighted by Crippen LogP contribution is 2.46. The Kier molecular flexibility index (Phi) is 9.92. The second-order valence-corrected chi connectivity index (χ2v) is 20.5. The van der Waals surface area contributed by atoms with Crippen LogP contribution in [0, 0.1) is 24.3 Å². The van der Waals surface area contributed by atoms with Crippen LogP contribution in [0.5, 0.6) is 0 Å². The zero-order valence-electron chi connectivity index (χ0n) is 25.4. The molecule has 11 nitrogen and oxygen atoms in total. The fraction of sp³-hybridized carbons (Fsp3) is 0.536. The van der Waals surface area contributed by atoms with E-state index in [0.29, 0.717) is 41.7 Å². The number of carbonyl (C=O) groups excluding carboxylic acids is 1. The number of sulfonamides is 1. The van der Waals surface area contributed by atoms with Crippen molar-refractivity contribution in [1.82, 2.24) is 29.6 Å². The lowest BCUT2D eigenvalue weighted by Gasteiger charge is -2.24. The lowest BCUT2D eigenvalue weighted by molar-refractivity contribution is -0.123. The van der Waals surface area contributed by atoms with Gasteiger partial charge in [-0.1, -0.05) is 61.0 Å². The fourth-order valence-electron chi connectivity index (χ4n) is 4.28. The van der Waals surface area contributed by atoms with Gasteiger partial charge in [0.2, 0.25) is 5.91 Å². The number of rotatable bonds is 12. The molecule has 1 amide bonds. The van der Waals surface area contributed by atoms with Gasteiger partial charge in [-0.2, -0.15) is 5.10 Å². The predicted octanol–water partition coefficient (Wildman–Crippen LogP) is 4.87. The van der Waals surface area contributed by atoms with E-state index in [1.54, 1.807) is 20.9 Å². The number of aromatic nitrogens is 4. The summed E-state index contributed by atoms with van der Waals surface area (Å²) in [7, 11) is -4.14. The number of nitrogens with zero attached hydrogens (tertiary/aromatic N) is 6. The number of nitrogens with one attached hydrogen (secondary N) is 1. The first-order chi connectivity index (χ1) is 20.6. The monoisotopic (exact) mass is 663 g/mol. The number of fused-ring (bicyclic) bond motifs is 1. The minimum atomic E-state index is -4.31. The van der Waals surface area contributed by atoms with Crippen LogP contribution in [0.3, 0.4) is 0 Å². The van der Waals surface area contributed by atoms with Gasteiger partial charge in [-0.15, -0.1) is 10.2 Å². The molecule has 1 aromatic carbocycles. The van der Waals surface area contributed by atoms with Crippen molar-refractivity contribution in [3.63, 3.8) is 0 Å². The standard InChI is InChI=1S/C28H35F2N7O4S2Si/c1-18(2)25(38)32-12-8-9-19-15-20(16-21-22(35-36(4)23(19)21)26-33-34-27(42-26)24(29)30)43(39,40)37(28(31-3)10-11-28)17-41-13-14-44(5,6)7/h15-16,18,24H,10-14,17H2,1-2,4-7H3,(H,32,38). The van der Waals surface area contributed by atoms with Crippen LogP contribution in [0.4, 0.5) is 8.78 Å². The number of halogens is 2. The molecule has 16 heteroatoms. The third-order valence-corrected chi connectivity index (χ3v) is 11.5. The second-order valence-electron chi connectivity index (χ2n) is 12.1. The molecule has 0 unspecified atom stereocenters. The molecule has 0 saturated heterocycles. The summed E-state index contributed by atoms with van der Waals surface area (Å²) in [5.41, 5.74) is -0.348. The van der Waals surface area contributed by atoms with Crippen LogP contribution < -0.4 is 5.32 Å². The molecule has 2 heterocycles. The molecule has 3 aromatic rings. The van der Waals surface area contributed by atoms with Crippen LogP contribution >= 0.6 is 11.3 Å². The topological polar surface area (TPSA) is 124 Å². The van der Waals surface area contributed by atoms with E-state index in [4.69, 9.17) is 11.3 Å². The summed E-state index contributed by atoms with van der Waals surface area (Å²) in [5.74, 6) is 5.39. The van der Waals surface area contributed by atoms with Gasteiger partial charge in [-0.3, -0.25) is 14.3 Å². The van der Waals surface area contributed by atoms with Gasteiger partial charge in [0, 0.05) is 33.0 Å². The van der Waals surface area contributed by atoms with Crippen LogP contribution in [0.1, 0.15) is 43.7 Å². The number of hydrogen-bond donors (Lipinski definition) is 1. The van der Waals surface area contributed by atoms with Crippen molar-refractivity contribution in [3.8, 4) is 22.5 Å². The van der Waals surface area contributed by atoms with Gasteiger partial charge in [-0.05, 0) is 18.2 Å². The smallest absolute Gasteiger partial charge is 0.303 e. The Hall–Kier alpha value is -3.28. The summed E-state index contributed by atoms with van der Waals surface area (Å²) in [6.45, 7) is 17.9. The minimum absolute atomic E-state index is 0.0201. The van der Waals surface area contributed by atoms with Crippen molar-refractivity contribution < 1.29 is 26.7 Å². The molecular weight excluding hydrogens is 629 g/mol. The third kappa shape index (κ3) is 7.32. The number of amides is 1. The van der Waals surface area contributed by atoms with Crippen LogP contribution in [-0.2, 0) is 26.6 Å². The first kappa shape index (κ1) is 33.6. The first-order valence-corrected chi connectivity index (χ1v) is 19.9. The SMILES string of the molecule is [C-]#[N+]C1(N(COCC[Si](C)(C)C)S(=O)(=O)c2cc(C#CCNC(=O)C(C)C)c3c(c2)c(-c2nnc(C(F)F)s2)nn3C)CC1. The quantitative estimate of drug-likeness (QED) is 0.0965. The van der Waals surface area contributed by atoms with Crippen molar-refractivity contribution in [2.45, 2.75) is 69.4 Å². The van der Waals surface area contributed by atoms with E-state index >= 15 is 0 Å². The predicted molar refractivity (Wildman–Crippen MR) is 166 cm³/mol. The van der Waals surface area contributed by atoms with Crippen molar-refractivity contribution in [1.29, 1.82) is 0 Å². The Labute approximate surface area is 260 Å². The molecular formula is C28H35F2N7O4S2Si. The lowest BCUT2D eigenvalue weighted by Crippen LogP contribution is -2.42. The molecule has 0 spiro atoms. The van der Waals surface area contributed by atoms with E-state index < -0.39 is 35.2 Å². The number of carbonyl (C=O) groups is 1. The van der Waals surface area contributed by atoms with Gasteiger partial charge < -0.3 is 10.1 Å². The van der Waals surface area contributed by atoms with Crippen molar-refractivity contribution >= 4 is 46.2 Å². The highest BCUT2D eigenvalue weighted by Gasteiger charge is 2.61. The maximum Gasteiger partial charge on any atom is 0.303 e. The maximum atomic E-state index is 14.3. The lowest BCUT2D eigenvalue weighted by atomic mass is 10.1. The van der Waals surface area contributed by atoms with Gasteiger partial charge in [0.15, 0.2) is 10.0 Å². The number of ether oxygens (including phenoxy) is 1. The Morgan fingerprint density at radius 2 is 2.00 bits per heavy atom. The average Bonchev–Trinajstić information content (AvgIpc) is 3.42. The van der Waals surface area contributed by atoms with Crippen LogP contribution in [-0.4, -0.2) is 72.2 Å². The third-order valence-electron chi connectivity index (χ3n) is 7.00. The molecule has 0 atom stereocenters. The van der Waals surface area contributed by atoms with Crippen LogP contribution in [0.15, 0.2) is 17.0 Å². The van der Waals surface area contributed by atoms with Gasteiger partial charge >= 0.3 is 5.66 Å². The first-order valence-electron chi connectivity index (χ1n) is 14.0. The molecule has 4 rings (SSSR count). The number of benzene rings is 1. The molecule has 0 radical (unpaired) electrons. The van der Waals surface area contributed by atoms with Crippen molar-refractivity contribution in [3.05, 3.63) is 34.1 Å². The van der Waals surface area contributed by atoms with Crippen LogP contribution in [0.2, 0.25) is 25.7 Å². The Morgan fingerprint density at radius 3 is 2.57 bits per heavy atom. The summed E-state index contributed by atoms with van der Waals surface area (Å²) in [4.78, 5) is 15.5. The zero-order valence-corrected chi connectivity index (χ0v) is 28.1. The summed E-state index contributed by atoms with van der Waals surface area (Å²) >= 11 is 0.661. The van der Waals surface area contributed by atoms with Crippen molar-refractivity contribution in [2.24, 2.45) is 13.0 Å². The highest BCUT2D eigenvalue weighted by atomic mass is 32.2. The fourth-order valence-corrected chi connectivity index (χ4v) is 7.41. The summed E-state index contributed by atoms with van der Waals surface area (Å²) in [6.07, 6.45) is -2.08. The molecule has 1 fully saturated rings. The largest absolute Gasteiger partial charge is 0.365 e. The molecule has 1 N–H and O–H groups in total. The van der Waals surface area contributed by atoms with Gasteiger partial charge in [0.1, 0.15) is 12.4 Å². The Morgan fingerprint density at radius 1 is 1.30 bits per heavy atom. The summed E-state index contributed by atoms with van der Waals surface area (Å²) < 4.78 is 63.6. The van der Waals surface area contributed by atoms with Crippen molar-refractivity contribution in [2.75, 3.05) is 19.9 Å². The Balaban J connectivity index is 1.83. The molecule has 236 valence electrons. The molecule has 1 saturated carbocycles. The van der Waals surface area contributed by atoms with Gasteiger partial charge in [0.25, 0.3) is 16.4 Å². The molecule has 1 aliphatic carbocycles. The normalized spacial score (nSPS) is 14.6. The molecule has 2 aromatic heterocycles. The molecule has 0 bridgehead atoms. The summed E-state index contributed by atoms with van der Waals surface area (Å²) in [6, 6.07) is 3.63. The second kappa shape index (κ2) is 13.0. The molecule has 44 heavy (non-hydrogen) atoms. The molecule has 1 aliphatic rings. The van der Waals surface area contributed by atoms with E-state index in [1.807, 2.05) is 0 Å². The number of hydrogen-bond acceptors (Lipinski definition) is 8. The molecule has 0 aliphatic heterocycles. The number of aryl methyl sites for hydroxylation is 1. The summed E-state index contributed by atoms with van der Waals surface area (Å²) in [5, 5.41) is 14.5. The van der Waals surface area contributed by atoms with E-state index in [2.05, 4.69) is 56.9 Å². The average molecular weight is 664 g/mol. The highest BCUT2D eigenvalue weighted by molar-refractivity contribution is 7.89.